The van der Waals surface area contributed by atoms with Crippen LogP contribution in [0.5, 0.6) is 0 Å². The van der Waals surface area contributed by atoms with Crippen LogP contribution < -0.4 is 0 Å². The highest BCUT2D eigenvalue weighted by Gasteiger charge is 2.17. The molecule has 18 heavy (non-hydrogen) atoms. The van der Waals surface area contributed by atoms with Crippen LogP contribution in [0.1, 0.15) is 9.80 Å². The molecule has 0 amide bonds. The molecule has 0 aliphatic heterocycles. The van der Waals surface area contributed by atoms with Crippen LogP contribution in [0.2, 0.25) is 0 Å². The lowest BCUT2D eigenvalue weighted by Crippen LogP contribution is -2.08. The number of aromatic nitrogens is 1. The van der Waals surface area contributed by atoms with Crippen LogP contribution in [0.4, 0.5) is 0 Å². The van der Waals surface area contributed by atoms with Crippen molar-refractivity contribution in [3.05, 3.63) is 41.0 Å². The van der Waals surface area contributed by atoms with Crippen LogP contribution >= 0.6 is 11.3 Å². The van der Waals surface area contributed by atoms with E-state index >= 15 is 0 Å². The maximum absolute atomic E-state index is 12.1. The van der Waals surface area contributed by atoms with Crippen LogP contribution in [0.3, 0.4) is 0 Å². The predicted octanol–water partition coefficient (Wildman–Crippen LogP) is 2.45. The van der Waals surface area contributed by atoms with Gasteiger partial charge in [-0.05, 0) is 12.1 Å². The van der Waals surface area contributed by atoms with Crippen molar-refractivity contribution < 1.29 is 4.79 Å². The summed E-state index contributed by atoms with van der Waals surface area (Å²) in [5, 5.41) is 9.35. The van der Waals surface area contributed by atoms with Gasteiger partial charge >= 0.3 is 0 Å². The molecule has 0 aliphatic rings. The first-order valence-corrected chi connectivity index (χ1v) is 6.12. The van der Waals surface area contributed by atoms with E-state index in [9.17, 15) is 4.79 Å². The van der Waals surface area contributed by atoms with E-state index in [1.165, 1.54) is 17.5 Å². The summed E-state index contributed by atoms with van der Waals surface area (Å²) in [6.07, 6.45) is 1.51. The fraction of sp³-hybridized carbons (Fsp3) is 0.154. The first-order chi connectivity index (χ1) is 8.61. The zero-order chi connectivity index (χ0) is 13.1. The molecule has 1 aromatic carbocycles. The maximum Gasteiger partial charge on any atom is 0.233 e. The van der Waals surface area contributed by atoms with Crippen LogP contribution in [0.25, 0.3) is 10.2 Å². The quantitative estimate of drug-likeness (QED) is 0.481. The molecular formula is C13H11N3OS. The van der Waals surface area contributed by atoms with Gasteiger partial charge in [-0.3, -0.25) is 4.79 Å². The molecule has 0 aliphatic carbocycles. The molecule has 1 heterocycles. The highest BCUT2D eigenvalue weighted by Crippen LogP contribution is 2.23. The molecule has 5 heteroatoms. The Morgan fingerprint density at radius 1 is 1.44 bits per heavy atom. The summed E-state index contributed by atoms with van der Waals surface area (Å²) >= 11 is 1.31. The van der Waals surface area contributed by atoms with Gasteiger partial charge in [-0.1, -0.05) is 12.1 Å². The number of fused-ring (bicyclic) bond motifs is 1. The van der Waals surface area contributed by atoms with E-state index in [1.807, 2.05) is 30.3 Å². The van der Waals surface area contributed by atoms with Gasteiger partial charge in [-0.2, -0.15) is 5.26 Å². The zero-order valence-electron chi connectivity index (χ0n) is 10.0. The van der Waals surface area contributed by atoms with Crippen LogP contribution in [0, 0.1) is 11.3 Å². The standard InChI is InChI=1S/C13H11N3OS/c1-16(2)8-9(7-14)12(17)13-15-10-5-3-4-6-11(10)18-13/h3-6,8H,1-2H3/b9-8+. The van der Waals surface area contributed by atoms with Gasteiger partial charge in [0, 0.05) is 20.3 Å². The third-order valence-corrected chi connectivity index (χ3v) is 3.28. The number of ketones is 1. The Labute approximate surface area is 109 Å². The molecule has 0 radical (unpaired) electrons. The Kier molecular flexibility index (Phi) is 3.40. The van der Waals surface area contributed by atoms with Crippen molar-refractivity contribution in [2.24, 2.45) is 0 Å². The lowest BCUT2D eigenvalue weighted by molar-refractivity contribution is 0.103. The third kappa shape index (κ3) is 2.39. The van der Waals surface area contributed by atoms with Crippen molar-refractivity contribution >= 4 is 27.3 Å². The summed E-state index contributed by atoms with van der Waals surface area (Å²) in [4.78, 5) is 18.0. The van der Waals surface area contributed by atoms with Crippen molar-refractivity contribution in [2.75, 3.05) is 14.1 Å². The van der Waals surface area contributed by atoms with Gasteiger partial charge in [0.15, 0.2) is 5.01 Å². The van der Waals surface area contributed by atoms with E-state index in [0.29, 0.717) is 5.01 Å². The average molecular weight is 257 g/mol. The third-order valence-electron chi connectivity index (χ3n) is 2.24. The minimum Gasteiger partial charge on any atom is -0.382 e. The van der Waals surface area contributed by atoms with Crippen LogP contribution in [-0.2, 0) is 0 Å². The second-order valence-electron chi connectivity index (χ2n) is 3.93. The van der Waals surface area contributed by atoms with Crippen molar-refractivity contribution in [1.82, 2.24) is 9.88 Å². The number of thiazole rings is 1. The number of hydrogen-bond acceptors (Lipinski definition) is 5. The molecule has 2 rings (SSSR count). The zero-order valence-corrected chi connectivity index (χ0v) is 10.9. The molecule has 1 aromatic heterocycles. The second-order valence-corrected chi connectivity index (χ2v) is 4.96. The topological polar surface area (TPSA) is 57.0 Å². The minimum atomic E-state index is -0.326. The lowest BCUT2D eigenvalue weighted by atomic mass is 10.2. The summed E-state index contributed by atoms with van der Waals surface area (Å²) in [7, 11) is 3.53. The van der Waals surface area contributed by atoms with Gasteiger partial charge in [-0.25, -0.2) is 4.98 Å². The van der Waals surface area contributed by atoms with Crippen molar-refractivity contribution in [2.45, 2.75) is 0 Å². The van der Waals surface area contributed by atoms with Crippen LogP contribution in [0.15, 0.2) is 36.0 Å². The molecule has 0 bridgehead atoms. The molecule has 2 aromatic rings. The van der Waals surface area contributed by atoms with E-state index in [1.54, 1.807) is 19.0 Å². The van der Waals surface area contributed by atoms with Gasteiger partial charge in [0.25, 0.3) is 0 Å². The number of hydrogen-bond donors (Lipinski definition) is 0. The van der Waals surface area contributed by atoms with Crippen molar-refractivity contribution in [3.8, 4) is 6.07 Å². The van der Waals surface area contributed by atoms with Crippen LogP contribution in [-0.4, -0.2) is 29.8 Å². The van der Waals surface area contributed by atoms with E-state index < -0.39 is 0 Å². The second kappa shape index (κ2) is 4.98. The number of allylic oxidation sites excluding steroid dienone is 1. The summed E-state index contributed by atoms with van der Waals surface area (Å²) in [5.41, 5.74) is 0.882. The number of nitriles is 1. The molecule has 0 unspecified atom stereocenters. The molecular weight excluding hydrogens is 246 g/mol. The number of Topliss-reactive ketones (excluding diaryl/α,β-unsaturated/α-hetero) is 1. The average Bonchev–Trinajstić information content (AvgIpc) is 2.78. The highest BCUT2D eigenvalue weighted by molar-refractivity contribution is 7.20. The lowest BCUT2D eigenvalue weighted by Gasteiger charge is -2.04. The number of para-hydroxylation sites is 1. The molecule has 0 saturated heterocycles. The van der Waals surface area contributed by atoms with E-state index in [0.717, 1.165) is 10.2 Å². The first-order valence-electron chi connectivity index (χ1n) is 5.30. The van der Waals surface area contributed by atoms with E-state index in [2.05, 4.69) is 4.98 Å². The number of carbonyl (C=O) groups is 1. The molecule has 0 saturated carbocycles. The van der Waals surface area contributed by atoms with E-state index in [-0.39, 0.29) is 11.4 Å². The normalized spacial score (nSPS) is 11.3. The largest absolute Gasteiger partial charge is 0.382 e. The van der Waals surface area contributed by atoms with Gasteiger partial charge in [0.1, 0.15) is 11.6 Å². The Balaban J connectivity index is 2.42. The van der Waals surface area contributed by atoms with Crippen molar-refractivity contribution in [1.29, 1.82) is 5.26 Å². The van der Waals surface area contributed by atoms with Gasteiger partial charge < -0.3 is 4.90 Å². The fourth-order valence-corrected chi connectivity index (χ4v) is 2.40. The monoisotopic (exact) mass is 257 g/mol. The number of carbonyl (C=O) groups excluding carboxylic acids is 1. The van der Waals surface area contributed by atoms with E-state index in [4.69, 9.17) is 5.26 Å². The predicted molar refractivity (Wildman–Crippen MR) is 71.3 cm³/mol. The molecule has 0 N–H and O–H groups in total. The Morgan fingerprint density at radius 3 is 2.78 bits per heavy atom. The Bertz CT molecular complexity index is 631. The molecule has 90 valence electrons. The minimum absolute atomic E-state index is 0.0963. The summed E-state index contributed by atoms with van der Waals surface area (Å²) in [5.74, 6) is -0.326. The summed E-state index contributed by atoms with van der Waals surface area (Å²) < 4.78 is 0.947. The fourth-order valence-electron chi connectivity index (χ4n) is 1.48. The number of nitrogens with zero attached hydrogens (tertiary/aromatic N) is 3. The van der Waals surface area contributed by atoms with Crippen molar-refractivity contribution in [3.63, 3.8) is 0 Å². The molecule has 0 spiro atoms. The Morgan fingerprint density at radius 2 is 2.17 bits per heavy atom. The molecule has 0 fully saturated rings. The number of benzene rings is 1. The highest BCUT2D eigenvalue weighted by atomic mass is 32.1. The Hall–Kier alpha value is -2.19. The number of rotatable bonds is 3. The SMILES string of the molecule is CN(C)/C=C(\C#N)C(=O)c1nc2ccccc2s1. The first kappa shape index (κ1) is 12.3. The molecule has 0 atom stereocenters. The van der Waals surface area contributed by atoms with Gasteiger partial charge in [0.05, 0.1) is 10.2 Å². The summed E-state index contributed by atoms with van der Waals surface area (Å²) in [6, 6.07) is 9.44. The summed E-state index contributed by atoms with van der Waals surface area (Å²) in [6.45, 7) is 0. The maximum atomic E-state index is 12.1. The molecule has 4 nitrogen and oxygen atoms in total. The smallest absolute Gasteiger partial charge is 0.233 e. The van der Waals surface area contributed by atoms with Gasteiger partial charge in [0.2, 0.25) is 5.78 Å². The van der Waals surface area contributed by atoms with Gasteiger partial charge in [-0.15, -0.1) is 11.3 Å².